The van der Waals surface area contributed by atoms with E-state index in [9.17, 15) is 15.0 Å². The molecule has 2 atom stereocenters. The first kappa shape index (κ1) is 17.9. The number of carbonyl (C=O) groups is 1. The first-order valence-corrected chi connectivity index (χ1v) is 7.46. The largest absolute Gasteiger partial charge is 0.445 e. The topological polar surface area (TPSA) is 112 Å². The molecule has 0 bridgehead atoms. The number of carbonyl (C=O) groups excluding carboxylic acids is 1. The number of pyridine rings is 1. The van der Waals surface area contributed by atoms with Gasteiger partial charge >= 0.3 is 6.09 Å². The molecule has 2 unspecified atom stereocenters. The second-order valence-electron chi connectivity index (χ2n) is 5.20. The molecule has 7 heteroatoms. The van der Waals surface area contributed by atoms with Gasteiger partial charge in [-0.15, -0.1) is 0 Å². The van der Waals surface area contributed by atoms with Crippen molar-refractivity contribution in [3.63, 3.8) is 0 Å². The quantitative estimate of drug-likeness (QED) is 0.599. The Labute approximate surface area is 139 Å². The Balaban J connectivity index is 1.76. The van der Waals surface area contributed by atoms with Crippen LogP contribution in [0.4, 0.5) is 4.79 Å². The van der Waals surface area contributed by atoms with E-state index in [4.69, 9.17) is 9.84 Å². The third-order valence-electron chi connectivity index (χ3n) is 3.37. The van der Waals surface area contributed by atoms with Crippen molar-refractivity contribution in [2.24, 2.45) is 0 Å². The van der Waals surface area contributed by atoms with Crippen LogP contribution in [-0.2, 0) is 18.0 Å². The van der Waals surface area contributed by atoms with Crippen molar-refractivity contribution in [2.75, 3.05) is 6.54 Å². The number of rotatable bonds is 7. The minimum atomic E-state index is -1.26. The van der Waals surface area contributed by atoms with Gasteiger partial charge in [0.05, 0.1) is 12.3 Å². The Morgan fingerprint density at radius 1 is 1.12 bits per heavy atom. The Bertz CT molecular complexity index is 633. The summed E-state index contributed by atoms with van der Waals surface area (Å²) in [5.41, 5.74) is 1.70. The zero-order chi connectivity index (χ0) is 17.4. The van der Waals surface area contributed by atoms with Crippen molar-refractivity contribution < 1.29 is 24.9 Å². The molecule has 7 nitrogen and oxygen atoms in total. The third-order valence-corrected chi connectivity index (χ3v) is 3.37. The molecule has 0 aliphatic heterocycles. The lowest BCUT2D eigenvalue weighted by atomic mass is 10.1. The molecule has 1 heterocycles. The number of amides is 1. The van der Waals surface area contributed by atoms with Crippen LogP contribution in [0.2, 0.25) is 0 Å². The van der Waals surface area contributed by atoms with Crippen molar-refractivity contribution in [1.29, 1.82) is 0 Å². The van der Waals surface area contributed by atoms with Crippen LogP contribution in [0.5, 0.6) is 0 Å². The smallest absolute Gasteiger partial charge is 0.407 e. The van der Waals surface area contributed by atoms with Crippen molar-refractivity contribution in [2.45, 2.75) is 25.4 Å². The number of hydrogen-bond acceptors (Lipinski definition) is 6. The van der Waals surface area contributed by atoms with Gasteiger partial charge in [-0.05, 0) is 17.2 Å². The van der Waals surface area contributed by atoms with E-state index < -0.39 is 18.3 Å². The summed E-state index contributed by atoms with van der Waals surface area (Å²) in [5, 5.41) is 31.3. The molecule has 0 radical (unpaired) electrons. The molecule has 0 fully saturated rings. The van der Waals surface area contributed by atoms with Crippen molar-refractivity contribution in [3.8, 4) is 0 Å². The number of aliphatic hydroxyl groups excluding tert-OH is 3. The number of nitrogens with zero attached hydrogens (tertiary/aromatic N) is 1. The van der Waals surface area contributed by atoms with Crippen LogP contribution in [0.1, 0.15) is 22.9 Å². The maximum absolute atomic E-state index is 11.6. The Kier molecular flexibility index (Phi) is 6.68. The molecule has 1 aromatic carbocycles. The summed E-state index contributed by atoms with van der Waals surface area (Å²) < 4.78 is 5.01. The fourth-order valence-corrected chi connectivity index (χ4v) is 1.98. The zero-order valence-corrected chi connectivity index (χ0v) is 13.0. The fourth-order valence-electron chi connectivity index (χ4n) is 1.98. The standard InChI is InChI=1S/C17H20N2O5/c20-10-13-6-7-14(18-8-13)16(22)15(21)9-19-17(23)24-11-12-4-2-1-3-5-12/h1-8,15-16,20-22H,9-11H2,(H,19,23). The number of aromatic nitrogens is 1. The second kappa shape index (κ2) is 8.97. The van der Waals surface area contributed by atoms with Gasteiger partial charge < -0.3 is 25.4 Å². The van der Waals surface area contributed by atoms with E-state index in [0.29, 0.717) is 5.56 Å². The van der Waals surface area contributed by atoms with Crippen LogP contribution in [0.15, 0.2) is 48.7 Å². The van der Waals surface area contributed by atoms with Gasteiger partial charge in [0, 0.05) is 12.7 Å². The summed E-state index contributed by atoms with van der Waals surface area (Å²) in [7, 11) is 0. The Morgan fingerprint density at radius 3 is 2.50 bits per heavy atom. The molecule has 0 spiro atoms. The lowest BCUT2D eigenvalue weighted by Crippen LogP contribution is -2.36. The summed E-state index contributed by atoms with van der Waals surface area (Å²) >= 11 is 0. The van der Waals surface area contributed by atoms with Gasteiger partial charge in [-0.3, -0.25) is 4.98 Å². The first-order valence-electron chi connectivity index (χ1n) is 7.46. The number of alkyl carbamates (subject to hydrolysis) is 1. The van der Waals surface area contributed by atoms with Gasteiger partial charge in [-0.25, -0.2) is 4.79 Å². The molecule has 0 saturated heterocycles. The highest BCUT2D eigenvalue weighted by atomic mass is 16.5. The number of aliphatic hydroxyl groups is 3. The highest BCUT2D eigenvalue weighted by Gasteiger charge is 2.20. The van der Waals surface area contributed by atoms with Gasteiger partial charge in [-0.2, -0.15) is 0 Å². The van der Waals surface area contributed by atoms with Gasteiger partial charge in [0.2, 0.25) is 0 Å². The molecule has 2 aromatic rings. The van der Waals surface area contributed by atoms with E-state index in [1.807, 2.05) is 30.3 Å². The van der Waals surface area contributed by atoms with E-state index in [2.05, 4.69) is 10.3 Å². The van der Waals surface area contributed by atoms with Crippen molar-refractivity contribution in [3.05, 3.63) is 65.5 Å². The summed E-state index contributed by atoms with van der Waals surface area (Å²) in [4.78, 5) is 15.6. The van der Waals surface area contributed by atoms with E-state index in [1.54, 1.807) is 6.07 Å². The molecular weight excluding hydrogens is 312 g/mol. The van der Waals surface area contributed by atoms with Crippen molar-refractivity contribution >= 4 is 6.09 Å². The van der Waals surface area contributed by atoms with Gasteiger partial charge in [0.15, 0.2) is 0 Å². The van der Waals surface area contributed by atoms with Gasteiger partial charge in [-0.1, -0.05) is 36.4 Å². The van der Waals surface area contributed by atoms with E-state index in [0.717, 1.165) is 5.56 Å². The normalized spacial score (nSPS) is 13.1. The Morgan fingerprint density at radius 2 is 1.88 bits per heavy atom. The molecular formula is C17H20N2O5. The average molecular weight is 332 g/mol. The molecule has 1 aromatic heterocycles. The van der Waals surface area contributed by atoms with E-state index in [-0.39, 0.29) is 25.5 Å². The minimum absolute atomic E-state index is 0.121. The molecule has 0 aliphatic carbocycles. The molecule has 2 rings (SSSR count). The summed E-state index contributed by atoms with van der Waals surface area (Å²) in [6, 6.07) is 12.3. The van der Waals surface area contributed by atoms with Crippen LogP contribution in [-0.4, -0.2) is 39.0 Å². The van der Waals surface area contributed by atoms with Gasteiger partial charge in [0.25, 0.3) is 0 Å². The molecule has 128 valence electrons. The highest BCUT2D eigenvalue weighted by molar-refractivity contribution is 5.67. The second-order valence-corrected chi connectivity index (χ2v) is 5.20. The maximum Gasteiger partial charge on any atom is 0.407 e. The highest BCUT2D eigenvalue weighted by Crippen LogP contribution is 2.14. The summed E-state index contributed by atoms with van der Waals surface area (Å²) in [6.07, 6.45) is -1.77. The van der Waals surface area contributed by atoms with Crippen LogP contribution in [0, 0.1) is 0 Å². The number of hydrogen-bond donors (Lipinski definition) is 4. The zero-order valence-electron chi connectivity index (χ0n) is 13.0. The van der Waals surface area contributed by atoms with Crippen LogP contribution >= 0.6 is 0 Å². The monoisotopic (exact) mass is 332 g/mol. The maximum atomic E-state index is 11.6. The minimum Gasteiger partial charge on any atom is -0.445 e. The summed E-state index contributed by atoms with van der Waals surface area (Å²) in [5.74, 6) is 0. The Hall–Kier alpha value is -2.48. The van der Waals surface area contributed by atoms with E-state index in [1.165, 1.54) is 12.3 Å². The third kappa shape index (κ3) is 5.31. The molecule has 1 amide bonds. The number of benzene rings is 1. The number of nitrogens with one attached hydrogen (secondary N) is 1. The molecule has 4 N–H and O–H groups in total. The van der Waals surface area contributed by atoms with Crippen molar-refractivity contribution in [1.82, 2.24) is 10.3 Å². The first-order chi connectivity index (χ1) is 11.6. The molecule has 0 saturated carbocycles. The van der Waals surface area contributed by atoms with Crippen LogP contribution in [0.25, 0.3) is 0 Å². The predicted octanol–water partition coefficient (Wildman–Crippen LogP) is 0.895. The molecule has 24 heavy (non-hydrogen) atoms. The van der Waals surface area contributed by atoms with E-state index >= 15 is 0 Å². The lowest BCUT2D eigenvalue weighted by Gasteiger charge is -2.18. The SMILES string of the molecule is O=C(NCC(O)C(O)c1ccc(CO)cn1)OCc1ccccc1. The predicted molar refractivity (Wildman–Crippen MR) is 85.8 cm³/mol. The average Bonchev–Trinajstić information content (AvgIpc) is 2.64. The number of ether oxygens (including phenoxy) is 1. The summed E-state index contributed by atoms with van der Waals surface area (Å²) in [6.45, 7) is -0.214. The van der Waals surface area contributed by atoms with Crippen LogP contribution in [0.3, 0.4) is 0 Å². The lowest BCUT2D eigenvalue weighted by molar-refractivity contribution is 0.0159. The van der Waals surface area contributed by atoms with Gasteiger partial charge in [0.1, 0.15) is 18.8 Å². The molecule has 0 aliphatic rings. The van der Waals surface area contributed by atoms with Crippen LogP contribution < -0.4 is 5.32 Å². The fraction of sp³-hybridized carbons (Fsp3) is 0.294.